The molecule has 1 unspecified atom stereocenters. The SMILES string of the molecule is CCC1SC(=O)N(CCc2ccc(NC(=O)c3sc(C)nc3C)cc2)N=C1c1ccc(OC)c(OC)c1. The molecule has 8 nitrogen and oxygen atoms in total. The average molecular weight is 539 g/mol. The van der Waals surface area contributed by atoms with Gasteiger partial charge in [0.1, 0.15) is 4.88 Å². The van der Waals surface area contributed by atoms with E-state index in [9.17, 15) is 9.59 Å². The molecule has 1 N–H and O–H groups in total. The summed E-state index contributed by atoms with van der Waals surface area (Å²) < 4.78 is 10.8. The van der Waals surface area contributed by atoms with Crippen LogP contribution in [-0.2, 0) is 6.42 Å². The Morgan fingerprint density at radius 1 is 1.08 bits per heavy atom. The average Bonchev–Trinajstić information content (AvgIpc) is 3.25. The van der Waals surface area contributed by atoms with Crippen molar-refractivity contribution in [1.82, 2.24) is 9.99 Å². The lowest BCUT2D eigenvalue weighted by molar-refractivity contribution is 0.102. The van der Waals surface area contributed by atoms with Crippen molar-refractivity contribution >= 4 is 45.6 Å². The summed E-state index contributed by atoms with van der Waals surface area (Å²) in [6.07, 6.45) is 1.42. The van der Waals surface area contributed by atoms with Crippen LogP contribution in [0.15, 0.2) is 47.6 Å². The van der Waals surface area contributed by atoms with E-state index in [2.05, 4.69) is 17.2 Å². The number of hydrogen-bond acceptors (Lipinski definition) is 8. The molecule has 1 aromatic heterocycles. The van der Waals surface area contributed by atoms with E-state index in [-0.39, 0.29) is 16.4 Å². The van der Waals surface area contributed by atoms with Crippen molar-refractivity contribution in [3.05, 3.63) is 69.2 Å². The molecule has 2 amide bonds. The smallest absolute Gasteiger partial charge is 0.302 e. The largest absolute Gasteiger partial charge is 0.493 e. The van der Waals surface area contributed by atoms with E-state index >= 15 is 0 Å². The number of hydrazone groups is 1. The normalized spacial score (nSPS) is 15.4. The van der Waals surface area contributed by atoms with Gasteiger partial charge in [-0.15, -0.1) is 11.3 Å². The summed E-state index contributed by atoms with van der Waals surface area (Å²) >= 11 is 2.68. The van der Waals surface area contributed by atoms with E-state index < -0.39 is 0 Å². The standard InChI is InChI=1S/C27H30N4O4S2/c1-6-23-24(19-9-12-21(34-4)22(15-19)35-5)30-31(27(33)37-23)14-13-18-7-10-20(11-8-18)29-26(32)25-16(2)28-17(3)36-25/h7-12,15,23H,6,13-14H2,1-5H3,(H,29,32). The number of aromatic nitrogens is 1. The third-order valence-electron chi connectivity index (χ3n) is 5.97. The van der Waals surface area contributed by atoms with Crippen LogP contribution < -0.4 is 14.8 Å². The second kappa shape index (κ2) is 11.8. The van der Waals surface area contributed by atoms with Gasteiger partial charge in [0.15, 0.2) is 11.5 Å². The van der Waals surface area contributed by atoms with Crippen LogP contribution in [0.2, 0.25) is 0 Å². The zero-order valence-corrected chi connectivity index (χ0v) is 23.2. The molecule has 194 valence electrons. The Kier molecular flexibility index (Phi) is 8.50. The molecule has 1 aliphatic heterocycles. The van der Waals surface area contributed by atoms with Crippen LogP contribution in [0.1, 0.15) is 44.8 Å². The van der Waals surface area contributed by atoms with Crippen molar-refractivity contribution in [2.75, 3.05) is 26.1 Å². The van der Waals surface area contributed by atoms with Gasteiger partial charge in [-0.3, -0.25) is 9.59 Å². The number of amides is 2. The highest BCUT2D eigenvalue weighted by atomic mass is 32.2. The third kappa shape index (κ3) is 6.14. The number of nitrogens with zero attached hydrogens (tertiary/aromatic N) is 3. The fourth-order valence-corrected chi connectivity index (χ4v) is 5.82. The first-order valence-corrected chi connectivity index (χ1v) is 13.7. The fraction of sp³-hybridized carbons (Fsp3) is 0.333. The van der Waals surface area contributed by atoms with Crippen LogP contribution in [0.4, 0.5) is 10.5 Å². The molecule has 0 saturated carbocycles. The monoisotopic (exact) mass is 538 g/mol. The highest BCUT2D eigenvalue weighted by molar-refractivity contribution is 8.14. The number of benzene rings is 2. The Morgan fingerprint density at radius 3 is 2.43 bits per heavy atom. The van der Waals surface area contributed by atoms with Crippen molar-refractivity contribution < 1.29 is 19.1 Å². The second-order valence-corrected chi connectivity index (χ2v) is 10.9. The van der Waals surface area contributed by atoms with E-state index in [0.717, 1.165) is 34.0 Å². The van der Waals surface area contributed by atoms with Gasteiger partial charge < -0.3 is 14.8 Å². The molecule has 2 heterocycles. The molecule has 1 atom stereocenters. The first-order chi connectivity index (χ1) is 17.8. The van der Waals surface area contributed by atoms with Gasteiger partial charge in [-0.25, -0.2) is 9.99 Å². The van der Waals surface area contributed by atoms with Crippen molar-refractivity contribution in [2.24, 2.45) is 5.10 Å². The van der Waals surface area contributed by atoms with Gasteiger partial charge in [0.05, 0.1) is 35.9 Å². The number of thiazole rings is 1. The highest BCUT2D eigenvalue weighted by Gasteiger charge is 2.30. The number of ether oxygens (including phenoxy) is 2. The molecule has 0 bridgehead atoms. The summed E-state index contributed by atoms with van der Waals surface area (Å²) in [5.41, 5.74) is 4.24. The number of carbonyl (C=O) groups is 2. The van der Waals surface area contributed by atoms with Gasteiger partial charge >= 0.3 is 5.24 Å². The van der Waals surface area contributed by atoms with E-state index in [1.165, 1.54) is 28.1 Å². The van der Waals surface area contributed by atoms with Gasteiger partial charge in [0.25, 0.3) is 5.91 Å². The van der Waals surface area contributed by atoms with Crippen molar-refractivity contribution in [1.29, 1.82) is 0 Å². The summed E-state index contributed by atoms with van der Waals surface area (Å²) in [5, 5.41) is 9.99. The molecular formula is C27H30N4O4S2. The van der Waals surface area contributed by atoms with Crippen LogP contribution in [0.3, 0.4) is 0 Å². The molecule has 0 radical (unpaired) electrons. The number of thioether (sulfide) groups is 1. The molecule has 10 heteroatoms. The summed E-state index contributed by atoms with van der Waals surface area (Å²) in [7, 11) is 3.20. The van der Waals surface area contributed by atoms with Gasteiger partial charge in [0, 0.05) is 17.8 Å². The topological polar surface area (TPSA) is 93.1 Å². The number of anilines is 1. The number of aryl methyl sites for hydroxylation is 2. The number of carbonyl (C=O) groups excluding carboxylic acids is 2. The maximum absolute atomic E-state index is 12.8. The summed E-state index contributed by atoms with van der Waals surface area (Å²) in [6, 6.07) is 13.3. The van der Waals surface area contributed by atoms with Crippen LogP contribution in [0.5, 0.6) is 11.5 Å². The van der Waals surface area contributed by atoms with E-state index in [0.29, 0.717) is 35.0 Å². The molecule has 1 aliphatic rings. The summed E-state index contributed by atoms with van der Waals surface area (Å²) in [5.74, 6) is 1.11. The van der Waals surface area contributed by atoms with Crippen LogP contribution >= 0.6 is 23.1 Å². The molecule has 3 aromatic rings. The van der Waals surface area contributed by atoms with E-state index in [1.807, 2.05) is 56.3 Å². The van der Waals surface area contributed by atoms with Crippen molar-refractivity contribution in [3.63, 3.8) is 0 Å². The molecular weight excluding hydrogens is 508 g/mol. The molecule has 0 aliphatic carbocycles. The predicted octanol–water partition coefficient (Wildman–Crippen LogP) is 5.92. The summed E-state index contributed by atoms with van der Waals surface area (Å²) in [4.78, 5) is 30.3. The summed E-state index contributed by atoms with van der Waals surface area (Å²) in [6.45, 7) is 6.22. The number of hydrogen-bond donors (Lipinski definition) is 1. The zero-order chi connectivity index (χ0) is 26.5. The van der Waals surface area contributed by atoms with Gasteiger partial charge in [0.2, 0.25) is 0 Å². The number of nitrogens with one attached hydrogen (secondary N) is 1. The first-order valence-electron chi connectivity index (χ1n) is 12.0. The Labute approximate surface area is 225 Å². The fourth-order valence-electron chi connectivity index (χ4n) is 4.05. The third-order valence-corrected chi connectivity index (χ3v) is 8.30. The lowest BCUT2D eigenvalue weighted by Crippen LogP contribution is -2.36. The second-order valence-electron chi connectivity index (χ2n) is 8.51. The van der Waals surface area contributed by atoms with Crippen molar-refractivity contribution in [3.8, 4) is 11.5 Å². The predicted molar refractivity (Wildman–Crippen MR) is 150 cm³/mol. The minimum absolute atomic E-state index is 0.0317. The number of rotatable bonds is 9. The molecule has 0 fully saturated rings. The molecule has 37 heavy (non-hydrogen) atoms. The lowest BCUT2D eigenvalue weighted by Gasteiger charge is -2.28. The lowest BCUT2D eigenvalue weighted by atomic mass is 10.0. The van der Waals surface area contributed by atoms with Gasteiger partial charge in [-0.1, -0.05) is 30.8 Å². The van der Waals surface area contributed by atoms with Crippen LogP contribution in [0.25, 0.3) is 0 Å². The Balaban J connectivity index is 1.45. The van der Waals surface area contributed by atoms with Crippen molar-refractivity contribution in [2.45, 2.75) is 38.9 Å². The molecule has 0 spiro atoms. The van der Waals surface area contributed by atoms with E-state index in [1.54, 1.807) is 14.2 Å². The Morgan fingerprint density at radius 2 is 1.81 bits per heavy atom. The maximum Gasteiger partial charge on any atom is 0.302 e. The van der Waals surface area contributed by atoms with Gasteiger partial charge in [-0.2, -0.15) is 5.10 Å². The minimum Gasteiger partial charge on any atom is -0.493 e. The van der Waals surface area contributed by atoms with Gasteiger partial charge in [-0.05, 0) is 62.6 Å². The Hall–Kier alpha value is -3.37. The first kappa shape index (κ1) is 26.7. The number of methoxy groups -OCH3 is 2. The Bertz CT molecular complexity index is 1320. The van der Waals surface area contributed by atoms with Crippen LogP contribution in [0, 0.1) is 13.8 Å². The molecule has 2 aromatic carbocycles. The maximum atomic E-state index is 12.8. The van der Waals surface area contributed by atoms with E-state index in [4.69, 9.17) is 14.6 Å². The van der Waals surface area contributed by atoms with Crippen LogP contribution in [-0.4, -0.2) is 52.9 Å². The highest BCUT2D eigenvalue weighted by Crippen LogP contribution is 2.33. The minimum atomic E-state index is -0.158. The molecule has 0 saturated heterocycles. The quantitative estimate of drug-likeness (QED) is 0.363. The molecule has 4 rings (SSSR count). The zero-order valence-electron chi connectivity index (χ0n) is 21.5.